The van der Waals surface area contributed by atoms with Crippen LogP contribution in [0.5, 0.6) is 5.75 Å². The zero-order valence-corrected chi connectivity index (χ0v) is 21.3. The molecule has 7 heteroatoms. The fourth-order valence-corrected chi connectivity index (χ4v) is 5.04. The molecular formula is C29H36N4O3. The lowest BCUT2D eigenvalue weighted by Crippen LogP contribution is -2.45. The predicted octanol–water partition coefficient (Wildman–Crippen LogP) is 4.42. The lowest BCUT2D eigenvalue weighted by atomic mass is 10.0. The number of hydrogen-bond donors (Lipinski definition) is 1. The third kappa shape index (κ3) is 5.63. The lowest BCUT2D eigenvalue weighted by Gasteiger charge is -2.33. The number of hydrogen-bond acceptors (Lipinski definition) is 6. The van der Waals surface area contributed by atoms with Crippen molar-refractivity contribution in [1.82, 2.24) is 14.8 Å². The monoisotopic (exact) mass is 488 g/mol. The normalized spacial score (nSPS) is 18.6. The maximum Gasteiger partial charge on any atom is 0.251 e. The maximum atomic E-state index is 12.6. The molecule has 0 spiro atoms. The second-order valence-corrected chi connectivity index (χ2v) is 9.96. The van der Waals surface area contributed by atoms with Crippen molar-refractivity contribution in [2.75, 3.05) is 52.2 Å². The fourth-order valence-electron chi connectivity index (χ4n) is 5.04. The van der Waals surface area contributed by atoms with Gasteiger partial charge in [-0.05, 0) is 50.7 Å². The maximum absolute atomic E-state index is 12.6. The Balaban J connectivity index is 1.25. The van der Waals surface area contributed by atoms with Crippen LogP contribution in [0.4, 0.5) is 5.69 Å². The average molecular weight is 489 g/mol. The number of nitrogens with one attached hydrogen (secondary N) is 1. The zero-order valence-electron chi connectivity index (χ0n) is 21.3. The van der Waals surface area contributed by atoms with Crippen LogP contribution in [0.1, 0.15) is 25.7 Å². The van der Waals surface area contributed by atoms with Crippen LogP contribution >= 0.6 is 0 Å². The minimum atomic E-state index is -0.234. The molecule has 2 aromatic carbocycles. The molecule has 1 atom stereocenters. The van der Waals surface area contributed by atoms with Gasteiger partial charge >= 0.3 is 0 Å². The molecule has 7 nitrogen and oxygen atoms in total. The number of rotatable bonds is 8. The van der Waals surface area contributed by atoms with Crippen LogP contribution in [0.3, 0.4) is 0 Å². The van der Waals surface area contributed by atoms with Gasteiger partial charge in [0.1, 0.15) is 18.0 Å². The van der Waals surface area contributed by atoms with E-state index >= 15 is 0 Å². The summed E-state index contributed by atoms with van der Waals surface area (Å²) in [7, 11) is 4.16. The molecule has 2 saturated heterocycles. The Bertz CT molecular complexity index is 1170. The highest BCUT2D eigenvalue weighted by atomic mass is 16.5. The number of piperidine rings is 1. The summed E-state index contributed by atoms with van der Waals surface area (Å²) >= 11 is 0. The minimum Gasteiger partial charge on any atom is -0.490 e. The van der Waals surface area contributed by atoms with E-state index in [4.69, 9.17) is 9.47 Å². The van der Waals surface area contributed by atoms with Crippen LogP contribution in [0.2, 0.25) is 0 Å². The molecule has 2 aliphatic rings. The van der Waals surface area contributed by atoms with Crippen molar-refractivity contribution in [3.63, 3.8) is 0 Å². The molecule has 0 aliphatic carbocycles. The summed E-state index contributed by atoms with van der Waals surface area (Å²) in [6.45, 7) is 3.94. The van der Waals surface area contributed by atoms with Gasteiger partial charge in [-0.25, -0.2) is 0 Å². The molecule has 190 valence electrons. The zero-order chi connectivity index (χ0) is 24.9. The van der Waals surface area contributed by atoms with E-state index in [0.29, 0.717) is 6.61 Å². The molecule has 5 rings (SSSR count). The largest absolute Gasteiger partial charge is 0.490 e. The first-order valence-corrected chi connectivity index (χ1v) is 13.0. The van der Waals surface area contributed by atoms with Crippen LogP contribution in [-0.2, 0) is 9.53 Å². The van der Waals surface area contributed by atoms with E-state index in [1.807, 2.05) is 29.3 Å². The number of likely N-dealkylation sites (tertiary alicyclic amines) is 1. The predicted molar refractivity (Wildman–Crippen MR) is 143 cm³/mol. The average Bonchev–Trinajstić information content (AvgIpc) is 3.44. The number of amides is 1. The lowest BCUT2D eigenvalue weighted by molar-refractivity contribution is -0.142. The van der Waals surface area contributed by atoms with E-state index < -0.39 is 0 Å². The molecule has 1 aromatic heterocycles. The van der Waals surface area contributed by atoms with Gasteiger partial charge in [-0.15, -0.1) is 0 Å². The van der Waals surface area contributed by atoms with E-state index in [9.17, 15) is 4.79 Å². The van der Waals surface area contributed by atoms with E-state index in [1.165, 1.54) is 0 Å². The standard InChI is InChI=1S/C29H36N4O3/c1-32(2)19-16-31-28-25(12-9-22-5-3-15-30-27(22)28)21-7-10-23(11-8-21)36-24-13-17-33(18-14-24)29(34)26-6-4-20-35-26/h3,5,7-12,15,24,26,31H,4,6,13-14,16-20H2,1-2H3. The number of benzene rings is 2. The molecule has 36 heavy (non-hydrogen) atoms. The molecule has 3 heterocycles. The highest BCUT2D eigenvalue weighted by molar-refractivity contribution is 5.99. The number of nitrogens with zero attached hydrogens (tertiary/aromatic N) is 3. The summed E-state index contributed by atoms with van der Waals surface area (Å²) in [5, 5.41) is 4.75. The van der Waals surface area contributed by atoms with Crippen LogP contribution in [0.25, 0.3) is 22.0 Å². The molecule has 1 N–H and O–H groups in total. The molecule has 2 fully saturated rings. The van der Waals surface area contributed by atoms with Gasteiger partial charge in [0.25, 0.3) is 5.91 Å². The highest BCUT2D eigenvalue weighted by Crippen LogP contribution is 2.35. The van der Waals surface area contributed by atoms with Crippen molar-refractivity contribution >= 4 is 22.5 Å². The van der Waals surface area contributed by atoms with E-state index in [2.05, 4.69) is 59.6 Å². The molecule has 0 radical (unpaired) electrons. The third-order valence-corrected chi connectivity index (χ3v) is 7.06. The van der Waals surface area contributed by atoms with Crippen molar-refractivity contribution in [3.05, 3.63) is 54.7 Å². The first-order chi connectivity index (χ1) is 17.6. The summed E-state index contributed by atoms with van der Waals surface area (Å²) in [5.74, 6) is 1.01. The van der Waals surface area contributed by atoms with Gasteiger partial charge in [-0.2, -0.15) is 0 Å². The van der Waals surface area contributed by atoms with Gasteiger partial charge in [-0.1, -0.05) is 30.3 Å². The van der Waals surface area contributed by atoms with Gasteiger partial charge in [0, 0.05) is 62.8 Å². The van der Waals surface area contributed by atoms with Gasteiger partial charge in [-0.3, -0.25) is 9.78 Å². The summed E-state index contributed by atoms with van der Waals surface area (Å²) in [5.41, 5.74) is 4.30. The Morgan fingerprint density at radius 2 is 1.92 bits per heavy atom. The highest BCUT2D eigenvalue weighted by Gasteiger charge is 2.31. The Morgan fingerprint density at radius 1 is 1.11 bits per heavy atom. The van der Waals surface area contributed by atoms with E-state index in [0.717, 1.165) is 85.3 Å². The van der Waals surface area contributed by atoms with Gasteiger partial charge in [0.15, 0.2) is 0 Å². The quantitative estimate of drug-likeness (QED) is 0.506. The second kappa shape index (κ2) is 11.3. The summed E-state index contributed by atoms with van der Waals surface area (Å²) < 4.78 is 11.9. The molecule has 3 aromatic rings. The molecule has 0 saturated carbocycles. The number of likely N-dealkylation sites (N-methyl/N-ethyl adjacent to an activating group) is 1. The summed E-state index contributed by atoms with van der Waals surface area (Å²) in [6.07, 6.45) is 5.25. The number of carbonyl (C=O) groups is 1. The third-order valence-electron chi connectivity index (χ3n) is 7.06. The molecule has 1 amide bonds. The molecule has 0 bridgehead atoms. The van der Waals surface area contributed by atoms with Crippen LogP contribution in [0.15, 0.2) is 54.7 Å². The van der Waals surface area contributed by atoms with E-state index in [-0.39, 0.29) is 18.1 Å². The Labute approximate surface area is 213 Å². The number of carbonyl (C=O) groups excluding carboxylic acids is 1. The topological polar surface area (TPSA) is 66.9 Å². The van der Waals surface area contributed by atoms with Crippen molar-refractivity contribution in [1.29, 1.82) is 0 Å². The first-order valence-electron chi connectivity index (χ1n) is 13.0. The number of pyridine rings is 1. The number of fused-ring (bicyclic) bond motifs is 1. The number of anilines is 1. The Hall–Kier alpha value is -3.16. The first kappa shape index (κ1) is 24.5. The Morgan fingerprint density at radius 3 is 2.64 bits per heavy atom. The molecule has 2 aliphatic heterocycles. The SMILES string of the molecule is CN(C)CCNc1c(-c2ccc(OC3CCN(C(=O)C4CCCO4)CC3)cc2)ccc2cccnc12. The Kier molecular flexibility index (Phi) is 7.68. The van der Waals surface area contributed by atoms with Gasteiger partial charge in [0.05, 0.1) is 11.2 Å². The molecular weight excluding hydrogens is 452 g/mol. The molecule has 1 unspecified atom stereocenters. The van der Waals surface area contributed by atoms with Crippen molar-refractivity contribution < 1.29 is 14.3 Å². The van der Waals surface area contributed by atoms with Crippen molar-refractivity contribution in [3.8, 4) is 16.9 Å². The van der Waals surface area contributed by atoms with Crippen LogP contribution in [-0.4, -0.2) is 79.8 Å². The van der Waals surface area contributed by atoms with Crippen molar-refractivity contribution in [2.24, 2.45) is 0 Å². The summed E-state index contributed by atoms with van der Waals surface area (Å²) in [6, 6.07) is 16.7. The fraction of sp³-hybridized carbons (Fsp3) is 0.448. The van der Waals surface area contributed by atoms with Crippen LogP contribution < -0.4 is 10.1 Å². The second-order valence-electron chi connectivity index (χ2n) is 9.96. The van der Waals surface area contributed by atoms with E-state index in [1.54, 1.807) is 0 Å². The van der Waals surface area contributed by atoms with Gasteiger partial charge in [0.2, 0.25) is 0 Å². The summed E-state index contributed by atoms with van der Waals surface area (Å²) in [4.78, 5) is 21.4. The number of aromatic nitrogens is 1. The number of ether oxygens (including phenoxy) is 2. The smallest absolute Gasteiger partial charge is 0.251 e. The van der Waals surface area contributed by atoms with Crippen molar-refractivity contribution in [2.45, 2.75) is 37.9 Å². The van der Waals surface area contributed by atoms with Gasteiger partial charge < -0.3 is 24.6 Å². The minimum absolute atomic E-state index is 0.123. The van der Waals surface area contributed by atoms with Crippen LogP contribution in [0, 0.1) is 0 Å².